The summed E-state index contributed by atoms with van der Waals surface area (Å²) in [6, 6.07) is 19.4. The van der Waals surface area contributed by atoms with Gasteiger partial charge in [0.05, 0.1) is 17.9 Å². The Balaban J connectivity index is 1.39. The summed E-state index contributed by atoms with van der Waals surface area (Å²) in [6.45, 7) is 5.88. The summed E-state index contributed by atoms with van der Waals surface area (Å²) in [5, 5.41) is 0. The lowest BCUT2D eigenvalue weighted by Crippen LogP contribution is -2.08. The van der Waals surface area contributed by atoms with Crippen molar-refractivity contribution in [1.29, 1.82) is 0 Å². The zero-order chi connectivity index (χ0) is 27.5. The van der Waals surface area contributed by atoms with Crippen LogP contribution < -0.4 is 4.74 Å². The SMILES string of the molecule is CCCCCCCCOCc1ccc(-c2ccc(OC(=O)c3ccc(CCCCCCCC)cc3)cc2)nc1. The van der Waals surface area contributed by atoms with Gasteiger partial charge in [-0.3, -0.25) is 4.98 Å². The Labute approximate surface area is 236 Å². The molecule has 2 aromatic carbocycles. The standard InChI is InChI=1S/C35H47NO3/c1-3-5-7-9-11-13-15-29-16-19-32(20-17-29)35(37)39-33-23-21-31(22-24-33)34-25-18-30(27-36-34)28-38-26-14-12-10-8-6-4-2/h16-25,27H,3-15,26,28H2,1-2H3. The first-order valence-electron chi connectivity index (χ1n) is 15.1. The highest BCUT2D eigenvalue weighted by molar-refractivity contribution is 5.91. The van der Waals surface area contributed by atoms with Gasteiger partial charge >= 0.3 is 5.97 Å². The van der Waals surface area contributed by atoms with Gasteiger partial charge in [-0.2, -0.15) is 0 Å². The van der Waals surface area contributed by atoms with Crippen molar-refractivity contribution in [2.75, 3.05) is 6.61 Å². The van der Waals surface area contributed by atoms with E-state index in [1.165, 1.54) is 76.2 Å². The van der Waals surface area contributed by atoms with Crippen molar-refractivity contribution in [2.45, 2.75) is 104 Å². The highest BCUT2D eigenvalue weighted by Crippen LogP contribution is 2.22. The van der Waals surface area contributed by atoms with Crippen LogP contribution in [0.3, 0.4) is 0 Å². The van der Waals surface area contributed by atoms with Gasteiger partial charge in [0, 0.05) is 18.4 Å². The molecule has 0 aliphatic carbocycles. The van der Waals surface area contributed by atoms with Crippen LogP contribution in [0.25, 0.3) is 11.3 Å². The van der Waals surface area contributed by atoms with Crippen molar-refractivity contribution in [1.82, 2.24) is 4.98 Å². The first-order chi connectivity index (χ1) is 19.2. The molecule has 0 unspecified atom stereocenters. The smallest absolute Gasteiger partial charge is 0.343 e. The number of carbonyl (C=O) groups is 1. The van der Waals surface area contributed by atoms with Crippen LogP contribution in [-0.2, 0) is 17.8 Å². The molecule has 210 valence electrons. The lowest BCUT2D eigenvalue weighted by atomic mass is 10.0. The molecular weight excluding hydrogens is 482 g/mol. The molecule has 0 aliphatic heterocycles. The van der Waals surface area contributed by atoms with Crippen LogP contribution in [0.2, 0.25) is 0 Å². The molecular formula is C35H47NO3. The third kappa shape index (κ3) is 11.7. The van der Waals surface area contributed by atoms with E-state index in [-0.39, 0.29) is 5.97 Å². The van der Waals surface area contributed by atoms with Gasteiger partial charge < -0.3 is 9.47 Å². The number of aromatic nitrogens is 1. The van der Waals surface area contributed by atoms with Gasteiger partial charge in [0.2, 0.25) is 0 Å². The monoisotopic (exact) mass is 529 g/mol. The molecule has 4 heteroatoms. The number of pyridine rings is 1. The number of benzene rings is 2. The number of unbranched alkanes of at least 4 members (excludes halogenated alkanes) is 10. The highest BCUT2D eigenvalue weighted by Gasteiger charge is 2.09. The maximum atomic E-state index is 12.6. The van der Waals surface area contributed by atoms with Crippen LogP contribution in [-0.4, -0.2) is 17.6 Å². The average molecular weight is 530 g/mol. The Morgan fingerprint density at radius 2 is 1.28 bits per heavy atom. The van der Waals surface area contributed by atoms with Gasteiger partial charge in [-0.25, -0.2) is 4.79 Å². The number of rotatable bonds is 19. The lowest BCUT2D eigenvalue weighted by Gasteiger charge is -2.08. The molecule has 1 heterocycles. The number of hydrogen-bond donors (Lipinski definition) is 0. The topological polar surface area (TPSA) is 48.4 Å². The molecule has 4 nitrogen and oxygen atoms in total. The second-order valence-corrected chi connectivity index (χ2v) is 10.5. The summed E-state index contributed by atoms with van der Waals surface area (Å²) in [6.07, 6.45) is 18.3. The predicted molar refractivity (Wildman–Crippen MR) is 161 cm³/mol. The fourth-order valence-corrected chi connectivity index (χ4v) is 4.63. The maximum absolute atomic E-state index is 12.6. The fraction of sp³-hybridized carbons (Fsp3) is 0.486. The van der Waals surface area contributed by atoms with E-state index in [2.05, 4.69) is 24.9 Å². The van der Waals surface area contributed by atoms with Crippen molar-refractivity contribution in [2.24, 2.45) is 0 Å². The summed E-state index contributed by atoms with van der Waals surface area (Å²) < 4.78 is 11.4. The zero-order valence-electron chi connectivity index (χ0n) is 24.1. The van der Waals surface area contributed by atoms with E-state index >= 15 is 0 Å². The van der Waals surface area contributed by atoms with E-state index in [1.54, 1.807) is 0 Å². The van der Waals surface area contributed by atoms with E-state index < -0.39 is 0 Å². The third-order valence-electron chi connectivity index (χ3n) is 7.10. The van der Waals surface area contributed by atoms with Gasteiger partial charge in [-0.1, -0.05) is 96.3 Å². The van der Waals surface area contributed by atoms with Crippen LogP contribution >= 0.6 is 0 Å². The van der Waals surface area contributed by atoms with Gasteiger partial charge in [0.15, 0.2) is 0 Å². The molecule has 0 radical (unpaired) electrons. The van der Waals surface area contributed by atoms with E-state index in [0.717, 1.165) is 36.3 Å². The maximum Gasteiger partial charge on any atom is 0.343 e. The van der Waals surface area contributed by atoms with Gasteiger partial charge in [-0.15, -0.1) is 0 Å². The van der Waals surface area contributed by atoms with Crippen molar-refractivity contribution in [3.8, 4) is 17.0 Å². The Morgan fingerprint density at radius 1 is 0.667 bits per heavy atom. The van der Waals surface area contributed by atoms with Crippen LogP contribution in [0.15, 0.2) is 66.9 Å². The number of aryl methyl sites for hydroxylation is 1. The van der Waals surface area contributed by atoms with Gasteiger partial charge in [0.25, 0.3) is 0 Å². The van der Waals surface area contributed by atoms with E-state index in [9.17, 15) is 4.79 Å². The largest absolute Gasteiger partial charge is 0.423 e. The van der Waals surface area contributed by atoms with Crippen LogP contribution in [0.5, 0.6) is 5.75 Å². The number of ether oxygens (including phenoxy) is 2. The quantitative estimate of drug-likeness (QED) is 0.0881. The molecule has 0 bridgehead atoms. The minimum Gasteiger partial charge on any atom is -0.423 e. The molecule has 39 heavy (non-hydrogen) atoms. The van der Waals surface area contributed by atoms with Crippen molar-refractivity contribution < 1.29 is 14.3 Å². The first kappa shape index (κ1) is 30.6. The Morgan fingerprint density at radius 3 is 1.92 bits per heavy atom. The number of hydrogen-bond acceptors (Lipinski definition) is 4. The second kappa shape index (κ2) is 18.3. The van der Waals surface area contributed by atoms with Crippen LogP contribution in [0, 0.1) is 0 Å². The molecule has 0 spiro atoms. The summed E-state index contributed by atoms with van der Waals surface area (Å²) in [5.74, 6) is 0.192. The van der Waals surface area contributed by atoms with Gasteiger partial charge in [-0.05, 0) is 72.9 Å². The predicted octanol–water partition coefficient (Wildman–Crippen LogP) is 9.75. The first-order valence-corrected chi connectivity index (χ1v) is 15.1. The molecule has 0 N–H and O–H groups in total. The average Bonchev–Trinajstić information content (AvgIpc) is 2.97. The molecule has 0 atom stereocenters. The highest BCUT2D eigenvalue weighted by atomic mass is 16.5. The van der Waals surface area contributed by atoms with E-state index in [0.29, 0.717) is 17.9 Å². The van der Waals surface area contributed by atoms with Crippen LogP contribution in [0.1, 0.15) is 112 Å². The van der Waals surface area contributed by atoms with Gasteiger partial charge in [0.1, 0.15) is 5.75 Å². The van der Waals surface area contributed by atoms with Crippen LogP contribution in [0.4, 0.5) is 0 Å². The fourth-order valence-electron chi connectivity index (χ4n) is 4.63. The lowest BCUT2D eigenvalue weighted by molar-refractivity contribution is 0.0734. The molecule has 0 saturated heterocycles. The van der Waals surface area contributed by atoms with E-state index in [1.807, 2.05) is 60.8 Å². The summed E-state index contributed by atoms with van der Waals surface area (Å²) in [4.78, 5) is 17.2. The molecule has 3 aromatic rings. The zero-order valence-corrected chi connectivity index (χ0v) is 24.1. The Bertz CT molecular complexity index is 1060. The molecule has 0 amide bonds. The molecule has 0 saturated carbocycles. The minimum absolute atomic E-state index is 0.336. The second-order valence-electron chi connectivity index (χ2n) is 10.5. The third-order valence-corrected chi connectivity index (χ3v) is 7.10. The summed E-state index contributed by atoms with van der Waals surface area (Å²) in [5.41, 5.74) is 4.78. The summed E-state index contributed by atoms with van der Waals surface area (Å²) in [7, 11) is 0. The number of carbonyl (C=O) groups excluding carboxylic acids is 1. The normalized spacial score (nSPS) is 11.0. The molecule has 0 aliphatic rings. The Hall–Kier alpha value is -2.98. The van der Waals surface area contributed by atoms with Crippen molar-refractivity contribution in [3.63, 3.8) is 0 Å². The summed E-state index contributed by atoms with van der Waals surface area (Å²) >= 11 is 0. The molecule has 3 rings (SSSR count). The molecule has 1 aromatic heterocycles. The van der Waals surface area contributed by atoms with Crippen molar-refractivity contribution in [3.05, 3.63) is 83.6 Å². The Kier molecular flexibility index (Phi) is 14.4. The van der Waals surface area contributed by atoms with Crippen molar-refractivity contribution >= 4 is 5.97 Å². The number of esters is 1. The molecule has 0 fully saturated rings. The van der Waals surface area contributed by atoms with E-state index in [4.69, 9.17) is 9.47 Å². The number of nitrogens with zero attached hydrogens (tertiary/aromatic N) is 1. The minimum atomic E-state index is -0.336.